The van der Waals surface area contributed by atoms with Crippen LogP contribution in [0.1, 0.15) is 12.6 Å². The van der Waals surface area contributed by atoms with Crippen molar-refractivity contribution in [2.24, 2.45) is 5.73 Å². The molecule has 3 N–H and O–H groups in total. The van der Waals surface area contributed by atoms with Crippen LogP contribution in [-0.2, 0) is 4.79 Å². The van der Waals surface area contributed by atoms with Gasteiger partial charge in [-0.05, 0) is 26.0 Å². The molecular weight excluding hydrogens is 283 g/mol. The quantitative estimate of drug-likeness (QED) is 0.895. The highest BCUT2D eigenvalue weighted by molar-refractivity contribution is 6.04. The second-order valence-corrected chi connectivity index (χ2v) is 4.98. The maximum absolute atomic E-state index is 12.8. The molecule has 0 radical (unpaired) electrons. The molecule has 1 aromatic carbocycles. The molecule has 0 aliphatic heterocycles. The van der Waals surface area contributed by atoms with Crippen LogP contribution in [0.5, 0.6) is 0 Å². The molecule has 0 aliphatic rings. The van der Waals surface area contributed by atoms with Gasteiger partial charge in [0.05, 0.1) is 11.2 Å². The van der Waals surface area contributed by atoms with E-state index in [9.17, 15) is 18.0 Å². The number of aromatic nitrogens is 1. The summed E-state index contributed by atoms with van der Waals surface area (Å²) < 4.78 is 38.3. The first-order valence-corrected chi connectivity index (χ1v) is 6.16. The average molecular weight is 297 g/mol. The maximum atomic E-state index is 12.8. The Morgan fingerprint density at radius 2 is 1.90 bits per heavy atom. The number of anilines is 1. The summed E-state index contributed by atoms with van der Waals surface area (Å²) in [5.74, 6) is -1.31. The number of alkyl halides is 3. The number of rotatable bonds is 2. The topological polar surface area (TPSA) is 68.0 Å². The van der Waals surface area contributed by atoms with Gasteiger partial charge in [0.1, 0.15) is 0 Å². The Kier molecular flexibility index (Phi) is 3.63. The summed E-state index contributed by atoms with van der Waals surface area (Å²) in [5.41, 5.74) is 3.56. The number of nitrogens with zero attached hydrogens (tertiary/aromatic N) is 1. The number of hydrogen-bond donors (Lipinski definition) is 2. The lowest BCUT2D eigenvalue weighted by Gasteiger charge is -2.26. The zero-order valence-corrected chi connectivity index (χ0v) is 11.5. The molecule has 112 valence electrons. The first-order chi connectivity index (χ1) is 9.63. The first kappa shape index (κ1) is 15.2. The van der Waals surface area contributed by atoms with Crippen molar-refractivity contribution in [1.82, 2.24) is 4.98 Å². The first-order valence-electron chi connectivity index (χ1n) is 6.16. The molecule has 1 amide bonds. The molecule has 0 saturated carbocycles. The highest BCUT2D eigenvalue weighted by Crippen LogP contribution is 2.30. The van der Waals surface area contributed by atoms with Gasteiger partial charge in [-0.1, -0.05) is 18.2 Å². The van der Waals surface area contributed by atoms with Crippen LogP contribution >= 0.6 is 0 Å². The molecule has 0 aliphatic carbocycles. The third-order valence-electron chi connectivity index (χ3n) is 3.15. The summed E-state index contributed by atoms with van der Waals surface area (Å²) in [6, 6.07) is 8.35. The van der Waals surface area contributed by atoms with Crippen LogP contribution in [0.15, 0.2) is 30.3 Å². The van der Waals surface area contributed by atoms with E-state index in [-0.39, 0.29) is 5.69 Å². The minimum Gasteiger partial charge on any atom is -0.323 e. The van der Waals surface area contributed by atoms with Crippen molar-refractivity contribution in [2.75, 3.05) is 5.32 Å². The Morgan fingerprint density at radius 3 is 2.52 bits per heavy atom. The standard InChI is InChI=1S/C14H14F3N3O/c1-8-7-11(9-5-3-4-6-10(9)19-8)20-12(21)13(2,18)14(15,16)17/h3-7H,18H2,1-2H3,(H,19,20,21). The highest BCUT2D eigenvalue weighted by atomic mass is 19.4. The third kappa shape index (κ3) is 2.82. The normalized spacial score (nSPS) is 14.8. The van der Waals surface area contributed by atoms with E-state index in [4.69, 9.17) is 5.73 Å². The molecule has 1 heterocycles. The summed E-state index contributed by atoms with van der Waals surface area (Å²) in [6.45, 7) is 2.33. The number of fused-ring (bicyclic) bond motifs is 1. The van der Waals surface area contributed by atoms with Gasteiger partial charge in [-0.25, -0.2) is 0 Å². The largest absolute Gasteiger partial charge is 0.415 e. The molecule has 21 heavy (non-hydrogen) atoms. The van der Waals surface area contributed by atoms with E-state index < -0.39 is 17.6 Å². The van der Waals surface area contributed by atoms with Crippen LogP contribution in [0.4, 0.5) is 18.9 Å². The number of hydrogen-bond acceptors (Lipinski definition) is 3. The Morgan fingerprint density at radius 1 is 1.29 bits per heavy atom. The molecule has 4 nitrogen and oxygen atoms in total. The number of amides is 1. The van der Waals surface area contributed by atoms with Crippen molar-refractivity contribution < 1.29 is 18.0 Å². The van der Waals surface area contributed by atoms with E-state index in [1.54, 1.807) is 31.2 Å². The molecule has 1 atom stereocenters. The summed E-state index contributed by atoms with van der Waals surface area (Å²) in [5, 5.41) is 2.80. The van der Waals surface area contributed by atoms with E-state index in [1.165, 1.54) is 6.07 Å². The number of nitrogens with one attached hydrogen (secondary N) is 1. The maximum Gasteiger partial charge on any atom is 0.415 e. The van der Waals surface area contributed by atoms with Crippen molar-refractivity contribution >= 4 is 22.5 Å². The van der Waals surface area contributed by atoms with Gasteiger partial charge in [0, 0.05) is 11.1 Å². The molecule has 0 bridgehead atoms. The Labute approximate surface area is 119 Å². The van der Waals surface area contributed by atoms with Gasteiger partial charge in [0.2, 0.25) is 0 Å². The van der Waals surface area contributed by atoms with Gasteiger partial charge in [-0.3, -0.25) is 9.78 Å². The van der Waals surface area contributed by atoms with Crippen molar-refractivity contribution in [2.45, 2.75) is 25.6 Å². The minimum atomic E-state index is -4.84. The summed E-state index contributed by atoms with van der Waals surface area (Å²) in [7, 11) is 0. The van der Waals surface area contributed by atoms with Crippen molar-refractivity contribution in [3.05, 3.63) is 36.0 Å². The summed E-state index contributed by atoms with van der Waals surface area (Å²) in [4.78, 5) is 16.1. The van der Waals surface area contributed by atoms with Crippen LogP contribution in [0.3, 0.4) is 0 Å². The van der Waals surface area contributed by atoms with Crippen LogP contribution in [0.25, 0.3) is 10.9 Å². The smallest absolute Gasteiger partial charge is 0.323 e. The minimum absolute atomic E-state index is 0.254. The molecule has 0 saturated heterocycles. The molecule has 1 aromatic heterocycles. The van der Waals surface area contributed by atoms with E-state index in [0.717, 1.165) is 0 Å². The number of carbonyl (C=O) groups is 1. The number of pyridine rings is 1. The number of halogens is 3. The monoisotopic (exact) mass is 297 g/mol. The SMILES string of the molecule is Cc1cc(NC(=O)C(C)(N)C(F)(F)F)c2ccccc2n1. The van der Waals surface area contributed by atoms with Gasteiger partial charge in [-0.15, -0.1) is 0 Å². The number of aryl methyl sites for hydroxylation is 1. The lowest BCUT2D eigenvalue weighted by Crippen LogP contribution is -2.59. The van der Waals surface area contributed by atoms with Crippen LogP contribution < -0.4 is 11.1 Å². The molecule has 0 spiro atoms. The van der Waals surface area contributed by atoms with E-state index in [1.807, 2.05) is 0 Å². The van der Waals surface area contributed by atoms with Crippen LogP contribution in [-0.4, -0.2) is 22.6 Å². The van der Waals surface area contributed by atoms with Crippen molar-refractivity contribution in [3.63, 3.8) is 0 Å². The Bertz CT molecular complexity index is 695. The van der Waals surface area contributed by atoms with E-state index in [2.05, 4.69) is 10.3 Å². The lowest BCUT2D eigenvalue weighted by atomic mass is 10.0. The average Bonchev–Trinajstić information content (AvgIpc) is 2.37. The molecule has 2 aromatic rings. The fraction of sp³-hybridized carbons (Fsp3) is 0.286. The fourth-order valence-electron chi connectivity index (χ4n) is 1.79. The summed E-state index contributed by atoms with van der Waals surface area (Å²) >= 11 is 0. The van der Waals surface area contributed by atoms with Gasteiger partial charge < -0.3 is 11.1 Å². The number of nitrogens with two attached hydrogens (primary N) is 1. The molecule has 2 rings (SSSR count). The molecule has 0 fully saturated rings. The van der Waals surface area contributed by atoms with Gasteiger partial charge in [0.15, 0.2) is 5.54 Å². The lowest BCUT2D eigenvalue weighted by molar-refractivity contribution is -0.184. The Hall–Kier alpha value is -2.15. The second kappa shape index (κ2) is 5.00. The predicted molar refractivity (Wildman–Crippen MR) is 73.8 cm³/mol. The van der Waals surface area contributed by atoms with E-state index >= 15 is 0 Å². The summed E-state index contributed by atoms with van der Waals surface area (Å²) in [6.07, 6.45) is -4.84. The third-order valence-corrected chi connectivity index (χ3v) is 3.15. The van der Waals surface area contributed by atoms with Crippen molar-refractivity contribution in [1.29, 1.82) is 0 Å². The van der Waals surface area contributed by atoms with E-state index in [0.29, 0.717) is 23.5 Å². The number of para-hydroxylation sites is 1. The van der Waals surface area contributed by atoms with Gasteiger partial charge in [-0.2, -0.15) is 13.2 Å². The van der Waals surface area contributed by atoms with Crippen molar-refractivity contribution in [3.8, 4) is 0 Å². The van der Waals surface area contributed by atoms with Crippen LogP contribution in [0, 0.1) is 6.92 Å². The Balaban J connectivity index is 2.43. The second-order valence-electron chi connectivity index (χ2n) is 4.98. The molecule has 7 heteroatoms. The molecule has 1 unspecified atom stereocenters. The highest BCUT2D eigenvalue weighted by Gasteiger charge is 2.54. The number of benzene rings is 1. The number of carbonyl (C=O) groups excluding carboxylic acids is 1. The van der Waals surface area contributed by atoms with Gasteiger partial charge >= 0.3 is 6.18 Å². The zero-order chi connectivity index (χ0) is 15.8. The zero-order valence-electron chi connectivity index (χ0n) is 11.5. The van der Waals surface area contributed by atoms with Crippen LogP contribution in [0.2, 0.25) is 0 Å². The molecular formula is C14H14F3N3O. The predicted octanol–water partition coefficient (Wildman–Crippen LogP) is 2.76. The fourth-order valence-corrected chi connectivity index (χ4v) is 1.79. The van der Waals surface area contributed by atoms with Gasteiger partial charge in [0.25, 0.3) is 5.91 Å².